The van der Waals surface area contributed by atoms with Crippen molar-refractivity contribution in [1.29, 1.82) is 0 Å². The molecule has 3 aromatic rings. The van der Waals surface area contributed by atoms with Crippen molar-refractivity contribution in [3.8, 4) is 17.0 Å². The van der Waals surface area contributed by atoms with Gasteiger partial charge in [-0.15, -0.1) is 0 Å². The largest absolute Gasteiger partial charge is 0.490 e. The fraction of sp³-hybridized carbons (Fsp3) is 0.190. The lowest BCUT2D eigenvalue weighted by molar-refractivity contribution is -0.119. The van der Waals surface area contributed by atoms with Gasteiger partial charge >= 0.3 is 0 Å². The van der Waals surface area contributed by atoms with E-state index in [1.54, 1.807) is 11.0 Å². The van der Waals surface area contributed by atoms with E-state index in [-0.39, 0.29) is 18.0 Å². The molecule has 1 amide bonds. The van der Waals surface area contributed by atoms with Crippen molar-refractivity contribution in [2.45, 2.75) is 13.5 Å². The van der Waals surface area contributed by atoms with E-state index in [0.29, 0.717) is 24.6 Å². The number of hydrogen-bond acceptors (Lipinski definition) is 4. The average Bonchev–Trinajstić information content (AvgIpc) is 2.69. The molecule has 6 nitrogen and oxygen atoms in total. The van der Waals surface area contributed by atoms with Gasteiger partial charge in [0.05, 0.1) is 17.9 Å². The molecule has 0 saturated carbocycles. The summed E-state index contributed by atoms with van der Waals surface area (Å²) in [5.74, 6) is 0.489. The predicted octanol–water partition coefficient (Wildman–Crippen LogP) is 2.64. The lowest BCUT2D eigenvalue weighted by Crippen LogP contribution is -2.41. The molecule has 27 heavy (non-hydrogen) atoms. The predicted molar refractivity (Wildman–Crippen MR) is 103 cm³/mol. The van der Waals surface area contributed by atoms with Crippen molar-refractivity contribution in [2.24, 2.45) is 0 Å². The third kappa shape index (κ3) is 3.46. The van der Waals surface area contributed by atoms with Gasteiger partial charge in [-0.2, -0.15) is 5.10 Å². The zero-order valence-electron chi connectivity index (χ0n) is 15.0. The molecule has 0 bridgehead atoms. The molecule has 2 heterocycles. The summed E-state index contributed by atoms with van der Waals surface area (Å²) in [4.78, 5) is 26.8. The SMILES string of the molecule is Cc1ccc2c(c1)N(C(=O)Cn1nc(-c3ccccc3)ccc1=O)CCO2. The van der Waals surface area contributed by atoms with E-state index < -0.39 is 0 Å². The van der Waals surface area contributed by atoms with Crippen LogP contribution in [0.1, 0.15) is 5.56 Å². The van der Waals surface area contributed by atoms with Crippen LogP contribution < -0.4 is 15.2 Å². The Balaban J connectivity index is 1.63. The lowest BCUT2D eigenvalue weighted by atomic mass is 10.1. The van der Waals surface area contributed by atoms with Crippen LogP contribution in [-0.2, 0) is 11.3 Å². The fourth-order valence-electron chi connectivity index (χ4n) is 3.13. The van der Waals surface area contributed by atoms with Gasteiger partial charge in [-0.3, -0.25) is 9.59 Å². The van der Waals surface area contributed by atoms with Gasteiger partial charge in [0.15, 0.2) is 0 Å². The smallest absolute Gasteiger partial charge is 0.267 e. The number of aryl methyl sites for hydroxylation is 1. The van der Waals surface area contributed by atoms with Gasteiger partial charge in [0.1, 0.15) is 18.9 Å². The van der Waals surface area contributed by atoms with E-state index in [9.17, 15) is 9.59 Å². The van der Waals surface area contributed by atoms with E-state index in [2.05, 4.69) is 5.10 Å². The highest BCUT2D eigenvalue weighted by atomic mass is 16.5. The van der Waals surface area contributed by atoms with Crippen LogP contribution >= 0.6 is 0 Å². The van der Waals surface area contributed by atoms with Gasteiger partial charge in [-0.25, -0.2) is 4.68 Å². The number of rotatable bonds is 3. The maximum atomic E-state index is 12.9. The number of carbonyl (C=O) groups is 1. The molecule has 0 N–H and O–H groups in total. The van der Waals surface area contributed by atoms with E-state index >= 15 is 0 Å². The number of amides is 1. The van der Waals surface area contributed by atoms with Crippen molar-refractivity contribution in [2.75, 3.05) is 18.1 Å². The molecule has 0 aliphatic carbocycles. The highest BCUT2D eigenvalue weighted by Gasteiger charge is 2.24. The molecule has 6 heteroatoms. The Labute approximate surface area is 156 Å². The average molecular weight is 361 g/mol. The first kappa shape index (κ1) is 17.0. The van der Waals surface area contributed by atoms with E-state index in [0.717, 1.165) is 16.8 Å². The standard InChI is InChI=1S/C21H19N3O3/c1-15-7-9-19-18(13-15)23(11-12-27-19)21(26)14-24-20(25)10-8-17(22-24)16-5-3-2-4-6-16/h2-10,13H,11-12,14H2,1H3. The second-order valence-corrected chi connectivity index (χ2v) is 6.45. The van der Waals surface area contributed by atoms with Crippen LogP contribution in [0, 0.1) is 6.92 Å². The topological polar surface area (TPSA) is 64.4 Å². The summed E-state index contributed by atoms with van der Waals surface area (Å²) in [6.07, 6.45) is 0. The Kier molecular flexibility index (Phi) is 4.46. The van der Waals surface area contributed by atoms with Gasteiger partial charge in [0.2, 0.25) is 5.91 Å². The summed E-state index contributed by atoms with van der Waals surface area (Å²) in [7, 11) is 0. The molecule has 4 rings (SSSR count). The second kappa shape index (κ2) is 7.07. The van der Waals surface area contributed by atoms with Gasteiger partial charge in [-0.05, 0) is 30.7 Å². The molecule has 0 spiro atoms. The monoisotopic (exact) mass is 361 g/mol. The zero-order chi connectivity index (χ0) is 18.8. The maximum absolute atomic E-state index is 12.9. The van der Waals surface area contributed by atoms with Crippen molar-refractivity contribution < 1.29 is 9.53 Å². The summed E-state index contributed by atoms with van der Waals surface area (Å²) in [5.41, 5.74) is 3.02. The summed E-state index contributed by atoms with van der Waals surface area (Å²) in [6, 6.07) is 18.4. The number of nitrogens with zero attached hydrogens (tertiary/aromatic N) is 3. The molecule has 0 unspecified atom stereocenters. The molecule has 1 aliphatic heterocycles. The van der Waals surface area contributed by atoms with Crippen LogP contribution in [0.3, 0.4) is 0 Å². The van der Waals surface area contributed by atoms with Gasteiger partial charge in [0.25, 0.3) is 5.56 Å². The molecule has 1 aliphatic rings. The van der Waals surface area contributed by atoms with Crippen molar-refractivity contribution in [3.63, 3.8) is 0 Å². The summed E-state index contributed by atoms with van der Waals surface area (Å²) >= 11 is 0. The molecule has 0 saturated heterocycles. The minimum atomic E-state index is -0.305. The summed E-state index contributed by atoms with van der Waals surface area (Å²) in [5, 5.41) is 4.38. The summed E-state index contributed by atoms with van der Waals surface area (Å²) in [6.45, 7) is 2.72. The molecule has 0 radical (unpaired) electrons. The van der Waals surface area contributed by atoms with E-state index in [4.69, 9.17) is 4.74 Å². The molecule has 1 aromatic heterocycles. The minimum Gasteiger partial charge on any atom is -0.490 e. The number of fused-ring (bicyclic) bond motifs is 1. The van der Waals surface area contributed by atoms with E-state index in [1.165, 1.54) is 10.7 Å². The quantitative estimate of drug-likeness (QED) is 0.719. The Hall–Kier alpha value is -3.41. The lowest BCUT2D eigenvalue weighted by Gasteiger charge is -2.30. The molecule has 0 fully saturated rings. The minimum absolute atomic E-state index is 0.118. The fourth-order valence-corrected chi connectivity index (χ4v) is 3.13. The third-order valence-electron chi connectivity index (χ3n) is 4.50. The van der Waals surface area contributed by atoms with Crippen molar-refractivity contribution >= 4 is 11.6 Å². The number of hydrogen-bond donors (Lipinski definition) is 0. The number of ether oxygens (including phenoxy) is 1. The highest BCUT2D eigenvalue weighted by molar-refractivity contribution is 5.95. The first-order valence-electron chi connectivity index (χ1n) is 8.79. The maximum Gasteiger partial charge on any atom is 0.267 e. The van der Waals surface area contributed by atoms with Crippen LogP contribution in [0.2, 0.25) is 0 Å². The number of benzene rings is 2. The molecule has 136 valence electrons. The Bertz CT molecular complexity index is 1040. The van der Waals surface area contributed by atoms with Crippen LogP contribution in [0.4, 0.5) is 5.69 Å². The number of carbonyl (C=O) groups excluding carboxylic acids is 1. The summed E-state index contributed by atoms with van der Waals surface area (Å²) < 4.78 is 6.85. The van der Waals surface area contributed by atoms with Crippen LogP contribution in [-0.4, -0.2) is 28.8 Å². The first-order chi connectivity index (χ1) is 13.1. The zero-order valence-corrected chi connectivity index (χ0v) is 15.0. The Morgan fingerprint density at radius 3 is 2.74 bits per heavy atom. The van der Waals surface area contributed by atoms with E-state index in [1.807, 2.05) is 55.5 Å². The molecular formula is C21H19N3O3. The van der Waals surface area contributed by atoms with Crippen LogP contribution in [0.25, 0.3) is 11.3 Å². The Morgan fingerprint density at radius 1 is 1.11 bits per heavy atom. The molecule has 0 atom stereocenters. The van der Waals surface area contributed by atoms with Gasteiger partial charge in [0, 0.05) is 11.6 Å². The third-order valence-corrected chi connectivity index (χ3v) is 4.50. The normalized spacial score (nSPS) is 13.0. The van der Waals surface area contributed by atoms with Crippen molar-refractivity contribution in [1.82, 2.24) is 9.78 Å². The Morgan fingerprint density at radius 2 is 1.93 bits per heavy atom. The highest BCUT2D eigenvalue weighted by Crippen LogP contribution is 2.32. The second-order valence-electron chi connectivity index (χ2n) is 6.45. The van der Waals surface area contributed by atoms with Crippen LogP contribution in [0.15, 0.2) is 65.5 Å². The van der Waals surface area contributed by atoms with Crippen molar-refractivity contribution in [3.05, 3.63) is 76.6 Å². The number of aromatic nitrogens is 2. The van der Waals surface area contributed by atoms with Crippen LogP contribution in [0.5, 0.6) is 5.75 Å². The molecular weight excluding hydrogens is 342 g/mol. The van der Waals surface area contributed by atoms with Gasteiger partial charge < -0.3 is 9.64 Å². The molecule has 2 aromatic carbocycles. The van der Waals surface area contributed by atoms with Gasteiger partial charge in [-0.1, -0.05) is 36.4 Å². The first-order valence-corrected chi connectivity index (χ1v) is 8.79. The number of anilines is 1.